The van der Waals surface area contributed by atoms with E-state index in [1.165, 1.54) is 61.1 Å². The maximum atomic E-state index is 13.6. The van der Waals surface area contributed by atoms with Crippen molar-refractivity contribution in [3.8, 4) is 0 Å². The van der Waals surface area contributed by atoms with Crippen LogP contribution >= 0.6 is 11.6 Å². The van der Waals surface area contributed by atoms with E-state index in [0.717, 1.165) is 22.3 Å². The zero-order valence-corrected chi connectivity index (χ0v) is 35.6. The fourth-order valence-electron chi connectivity index (χ4n) is 5.82. The van der Waals surface area contributed by atoms with E-state index < -0.39 is 20.0 Å². The third-order valence-electron chi connectivity index (χ3n) is 8.99. The minimum atomic E-state index is -3.52. The predicted molar refractivity (Wildman–Crippen MR) is 229 cm³/mol. The Hall–Kier alpha value is -6.25. The van der Waals surface area contributed by atoms with E-state index in [1.807, 2.05) is 12.1 Å². The molecule has 0 saturated heterocycles. The molecule has 61 heavy (non-hydrogen) atoms. The molecule has 8 rings (SSSR count). The van der Waals surface area contributed by atoms with E-state index >= 15 is 0 Å². The van der Waals surface area contributed by atoms with Crippen molar-refractivity contribution in [1.29, 1.82) is 0 Å². The van der Waals surface area contributed by atoms with Crippen LogP contribution in [0.1, 0.15) is 33.9 Å². The number of hydrogen-bond acceptors (Lipinski definition) is 12. The van der Waals surface area contributed by atoms with Gasteiger partial charge in [-0.05, 0) is 83.4 Å². The van der Waals surface area contributed by atoms with Gasteiger partial charge in [0.1, 0.15) is 40.1 Å². The van der Waals surface area contributed by atoms with E-state index in [1.54, 1.807) is 73.1 Å². The van der Waals surface area contributed by atoms with Crippen LogP contribution < -0.4 is 11.1 Å². The molecule has 316 valence electrons. The number of nitrogens with two attached hydrogens (primary N) is 1. The molecular formula is C41H40ClF2N11O4S2. The first-order valence-corrected chi connectivity index (χ1v) is 21.6. The number of sulfonamides is 2. The molecule has 0 spiro atoms. The molecular weight excluding hydrogens is 848 g/mol. The lowest BCUT2D eigenvalue weighted by atomic mass is 10.1. The largest absolute Gasteiger partial charge is 0.383 e. The summed E-state index contributed by atoms with van der Waals surface area (Å²) in [6.45, 7) is 0.585. The molecule has 1 aliphatic rings. The van der Waals surface area contributed by atoms with Crippen molar-refractivity contribution in [2.45, 2.75) is 29.2 Å². The van der Waals surface area contributed by atoms with Crippen molar-refractivity contribution >= 4 is 60.0 Å². The van der Waals surface area contributed by atoms with Crippen LogP contribution in [0.25, 0.3) is 10.9 Å². The zero-order valence-electron chi connectivity index (χ0n) is 33.3. The number of H-pyrrole nitrogens is 1. The van der Waals surface area contributed by atoms with Crippen molar-refractivity contribution in [2.75, 3.05) is 33.5 Å². The average molecular weight is 888 g/mol. The summed E-state index contributed by atoms with van der Waals surface area (Å²) >= 11 is 5.80. The minimum Gasteiger partial charge on any atom is -0.383 e. The number of benzene rings is 4. The molecule has 0 radical (unpaired) electrons. The minimum absolute atomic E-state index is 0.212. The Morgan fingerprint density at radius 1 is 0.738 bits per heavy atom. The molecule has 4 N–H and O–H groups in total. The molecule has 3 aromatic heterocycles. The third-order valence-corrected chi connectivity index (χ3v) is 12.8. The van der Waals surface area contributed by atoms with Crippen molar-refractivity contribution in [3.63, 3.8) is 0 Å². The van der Waals surface area contributed by atoms with Crippen LogP contribution in [0.4, 0.5) is 20.4 Å². The van der Waals surface area contributed by atoms with Crippen molar-refractivity contribution in [2.24, 2.45) is 10.7 Å². The summed E-state index contributed by atoms with van der Waals surface area (Å²) in [5.74, 6) is 1.83. The Balaban J connectivity index is 0.000000171. The van der Waals surface area contributed by atoms with E-state index in [0.29, 0.717) is 64.6 Å². The molecule has 0 unspecified atom stereocenters. The molecule has 0 atom stereocenters. The Kier molecular flexibility index (Phi) is 13.8. The molecule has 7 aromatic rings. The van der Waals surface area contributed by atoms with E-state index in [-0.39, 0.29) is 21.4 Å². The highest BCUT2D eigenvalue weighted by atomic mass is 35.5. The van der Waals surface area contributed by atoms with Crippen LogP contribution in [0.15, 0.2) is 124 Å². The number of nitrogens with one attached hydrogen (secondary N) is 2. The number of amidine groups is 1. The Labute approximate surface area is 356 Å². The number of aliphatic imine (C=N–C) groups is 1. The smallest absolute Gasteiger partial charge is 0.242 e. The molecule has 4 aromatic carbocycles. The number of hydrogen-bond donors (Lipinski definition) is 3. The van der Waals surface area contributed by atoms with Gasteiger partial charge in [0, 0.05) is 64.4 Å². The van der Waals surface area contributed by atoms with Gasteiger partial charge in [-0.25, -0.2) is 54.2 Å². The van der Waals surface area contributed by atoms with Gasteiger partial charge < -0.3 is 11.1 Å². The normalized spacial score (nSPS) is 12.3. The van der Waals surface area contributed by atoms with Crippen LogP contribution in [0.2, 0.25) is 5.15 Å². The highest BCUT2D eigenvalue weighted by molar-refractivity contribution is 7.89. The highest BCUT2D eigenvalue weighted by Crippen LogP contribution is 2.25. The molecule has 0 amide bonds. The van der Waals surface area contributed by atoms with Gasteiger partial charge in [-0.15, -0.1) is 0 Å². The second-order valence-electron chi connectivity index (χ2n) is 13.8. The number of aromatic amines is 1. The lowest BCUT2D eigenvalue weighted by Crippen LogP contribution is -2.22. The second kappa shape index (κ2) is 19.0. The zero-order chi connectivity index (χ0) is 43.9. The molecule has 20 heteroatoms. The summed E-state index contributed by atoms with van der Waals surface area (Å²) in [4.78, 5) is 21.4. The molecule has 0 fully saturated rings. The quantitative estimate of drug-likeness (QED) is 0.134. The second-order valence-corrected chi connectivity index (χ2v) is 18.5. The van der Waals surface area contributed by atoms with Crippen LogP contribution in [0.3, 0.4) is 0 Å². The first-order chi connectivity index (χ1) is 29.0. The number of nitrogens with zero attached hydrogens (tertiary/aromatic N) is 8. The van der Waals surface area contributed by atoms with Gasteiger partial charge in [0.05, 0.1) is 21.9 Å². The van der Waals surface area contributed by atoms with Crippen LogP contribution in [0.5, 0.6) is 0 Å². The summed E-state index contributed by atoms with van der Waals surface area (Å²) < 4.78 is 77.4. The summed E-state index contributed by atoms with van der Waals surface area (Å²) in [6.07, 6.45) is 3.95. The van der Waals surface area contributed by atoms with Crippen molar-refractivity contribution < 1.29 is 25.6 Å². The Morgan fingerprint density at radius 3 is 1.92 bits per heavy atom. The lowest BCUT2D eigenvalue weighted by molar-refractivity contribution is 0.519. The highest BCUT2D eigenvalue weighted by Gasteiger charge is 2.19. The third kappa shape index (κ3) is 11.1. The van der Waals surface area contributed by atoms with Gasteiger partial charge in [0.25, 0.3) is 0 Å². The number of fused-ring (bicyclic) bond motifs is 2. The standard InChI is InChI=1S/C20H19FN6O2S.C13H14ClN3O2S.C8H7FN2/c1-27(2)30(28,29)15-5-3-4-13(10-15)11-19-22-9-8-18(23-19)24-20-16-12-14(21)6-7-17(16)25-26-20;1-17(2)20(18,19)11-5-3-4-10(8-11)9-13-15-7-6-12(14)16-13;9-6-2-1-5-4-11-8(10)7(5)3-6/h3-10,12H,11H2,1-2H3,(H2,22,23,24,25,26);3-8H,9H2,1-2H3;1-3H,4H2,(H2,10,11). The van der Waals surface area contributed by atoms with Gasteiger partial charge in [-0.2, -0.15) is 5.10 Å². The number of rotatable bonds is 10. The Morgan fingerprint density at radius 2 is 1.31 bits per heavy atom. The molecule has 0 saturated carbocycles. The van der Waals surface area contributed by atoms with Crippen LogP contribution in [-0.2, 0) is 39.4 Å². The molecule has 4 heterocycles. The van der Waals surface area contributed by atoms with Gasteiger partial charge in [0.15, 0.2) is 5.82 Å². The van der Waals surface area contributed by atoms with Gasteiger partial charge >= 0.3 is 0 Å². The summed E-state index contributed by atoms with van der Waals surface area (Å²) in [7, 11) is -0.968. The van der Waals surface area contributed by atoms with Crippen molar-refractivity contribution in [3.05, 3.63) is 160 Å². The first kappa shape index (κ1) is 44.3. The van der Waals surface area contributed by atoms with Gasteiger partial charge in [0.2, 0.25) is 20.0 Å². The summed E-state index contributed by atoms with van der Waals surface area (Å²) in [6, 6.07) is 25.6. The lowest BCUT2D eigenvalue weighted by Gasteiger charge is -2.12. The fraction of sp³-hybridized carbons (Fsp3) is 0.171. The maximum absolute atomic E-state index is 13.6. The molecule has 0 bridgehead atoms. The van der Waals surface area contributed by atoms with E-state index in [2.05, 4.69) is 40.4 Å². The summed E-state index contributed by atoms with van der Waals surface area (Å²) in [5, 5.41) is 11.0. The SMILES string of the molecule is CN(C)S(=O)(=O)c1cccc(Cc2nccc(Cl)n2)c1.CN(C)S(=O)(=O)c1cccc(Cc2nccc(Nc3n[nH]c4ccc(F)cc34)n2)c1.NC1=NCc2ccc(F)cc21. The number of aromatic nitrogens is 6. The predicted octanol–water partition coefficient (Wildman–Crippen LogP) is 6.09. The average Bonchev–Trinajstić information content (AvgIpc) is 3.80. The van der Waals surface area contributed by atoms with Crippen LogP contribution in [0, 0.1) is 11.6 Å². The van der Waals surface area contributed by atoms with E-state index in [4.69, 9.17) is 17.3 Å². The monoisotopic (exact) mass is 887 g/mol. The first-order valence-electron chi connectivity index (χ1n) is 18.3. The fourth-order valence-corrected chi connectivity index (χ4v) is 7.91. The summed E-state index contributed by atoms with van der Waals surface area (Å²) in [5.41, 5.74) is 9.53. The molecule has 0 aliphatic carbocycles. The van der Waals surface area contributed by atoms with Gasteiger partial charge in [-0.3, -0.25) is 10.1 Å². The topological polar surface area (TPSA) is 205 Å². The maximum Gasteiger partial charge on any atom is 0.242 e. The van der Waals surface area contributed by atoms with Crippen molar-refractivity contribution in [1.82, 2.24) is 38.7 Å². The molecule has 15 nitrogen and oxygen atoms in total. The number of anilines is 2. The number of halogens is 3. The molecule has 1 aliphatic heterocycles. The van der Waals surface area contributed by atoms with Crippen LogP contribution in [-0.4, -0.2) is 89.6 Å². The van der Waals surface area contributed by atoms with E-state index in [9.17, 15) is 25.6 Å². The Bertz CT molecular complexity index is 2950. The van der Waals surface area contributed by atoms with Gasteiger partial charge in [-0.1, -0.05) is 41.9 Å².